The first-order valence-corrected chi connectivity index (χ1v) is 6.10. The lowest BCUT2D eigenvalue weighted by Crippen LogP contribution is -2.15. The summed E-state index contributed by atoms with van der Waals surface area (Å²) >= 11 is 0. The molecule has 0 fully saturated rings. The van der Waals surface area contributed by atoms with E-state index in [2.05, 4.69) is 20.3 Å². The second-order valence-electron chi connectivity index (χ2n) is 4.54. The van der Waals surface area contributed by atoms with E-state index in [1.165, 1.54) is 0 Å². The fourth-order valence-electron chi connectivity index (χ4n) is 1.68. The Morgan fingerprint density at radius 3 is 2.60 bits per heavy atom. The molecule has 106 valence electrons. The number of benzene rings is 1. The molecule has 0 saturated heterocycles. The third kappa shape index (κ3) is 3.05. The van der Waals surface area contributed by atoms with Crippen molar-refractivity contribution >= 4 is 23.5 Å². The molecule has 1 aromatic carbocycles. The quantitative estimate of drug-likeness (QED) is 0.874. The number of aryl methyl sites for hydroxylation is 1. The number of nitrogens with two attached hydrogens (primary N) is 1. The number of nitrogens with one attached hydrogen (secondary N) is 1. The summed E-state index contributed by atoms with van der Waals surface area (Å²) in [5.74, 6) is 1.75. The maximum atomic E-state index is 5.69. The Bertz CT molecular complexity index is 614. The molecule has 0 atom stereocenters. The van der Waals surface area contributed by atoms with Crippen LogP contribution in [0, 0.1) is 6.92 Å². The summed E-state index contributed by atoms with van der Waals surface area (Å²) in [6.07, 6.45) is 0. The maximum Gasteiger partial charge on any atom is 0.233 e. The predicted octanol–water partition coefficient (Wildman–Crippen LogP) is 1.58. The molecule has 7 heteroatoms. The van der Waals surface area contributed by atoms with E-state index >= 15 is 0 Å². The highest BCUT2D eigenvalue weighted by Crippen LogP contribution is 2.27. The summed E-state index contributed by atoms with van der Waals surface area (Å²) in [5.41, 5.74) is 7.57. The third-order valence-corrected chi connectivity index (χ3v) is 2.64. The standard InChI is InChI=1S/C13H18N6O/c1-8-5-6-10(20-4)9(7-8)15-12-16-11(14)17-13(18-12)19(2)3/h5-7H,1-4H3,(H3,14,15,16,17,18). The van der Waals surface area contributed by atoms with Gasteiger partial charge in [-0.1, -0.05) is 6.07 Å². The molecule has 0 bridgehead atoms. The molecule has 0 aliphatic heterocycles. The number of methoxy groups -OCH3 is 1. The number of hydrogen-bond acceptors (Lipinski definition) is 7. The Kier molecular flexibility index (Phi) is 3.88. The van der Waals surface area contributed by atoms with Gasteiger partial charge in [-0.15, -0.1) is 0 Å². The fourth-order valence-corrected chi connectivity index (χ4v) is 1.68. The van der Waals surface area contributed by atoms with E-state index in [0.717, 1.165) is 11.3 Å². The smallest absolute Gasteiger partial charge is 0.233 e. The summed E-state index contributed by atoms with van der Waals surface area (Å²) in [6.45, 7) is 2.00. The first-order chi connectivity index (χ1) is 9.49. The molecule has 0 saturated carbocycles. The number of nitrogens with zero attached hydrogens (tertiary/aromatic N) is 4. The van der Waals surface area contributed by atoms with Gasteiger partial charge in [0, 0.05) is 14.1 Å². The van der Waals surface area contributed by atoms with Gasteiger partial charge in [-0.2, -0.15) is 15.0 Å². The molecule has 1 aromatic heterocycles. The molecule has 0 aliphatic carbocycles. The topological polar surface area (TPSA) is 89.2 Å². The third-order valence-electron chi connectivity index (χ3n) is 2.64. The zero-order valence-corrected chi connectivity index (χ0v) is 12.0. The Morgan fingerprint density at radius 1 is 1.20 bits per heavy atom. The molecular weight excluding hydrogens is 256 g/mol. The van der Waals surface area contributed by atoms with Gasteiger partial charge >= 0.3 is 0 Å². The Hall–Kier alpha value is -2.57. The van der Waals surface area contributed by atoms with Crippen LogP contribution in [-0.2, 0) is 0 Å². The van der Waals surface area contributed by atoms with Gasteiger partial charge in [0.2, 0.25) is 17.8 Å². The van der Waals surface area contributed by atoms with Crippen LogP contribution in [0.25, 0.3) is 0 Å². The molecule has 2 aromatic rings. The van der Waals surface area contributed by atoms with E-state index in [4.69, 9.17) is 10.5 Å². The van der Waals surface area contributed by atoms with Gasteiger partial charge < -0.3 is 20.7 Å². The molecule has 7 nitrogen and oxygen atoms in total. The largest absolute Gasteiger partial charge is 0.495 e. The van der Waals surface area contributed by atoms with Crippen LogP contribution < -0.4 is 20.7 Å². The van der Waals surface area contributed by atoms with Gasteiger partial charge in [-0.05, 0) is 24.6 Å². The maximum absolute atomic E-state index is 5.69. The van der Waals surface area contributed by atoms with Gasteiger partial charge in [-0.3, -0.25) is 0 Å². The van der Waals surface area contributed by atoms with Crippen molar-refractivity contribution in [1.29, 1.82) is 0 Å². The number of ether oxygens (including phenoxy) is 1. The van der Waals surface area contributed by atoms with Gasteiger partial charge in [0.25, 0.3) is 0 Å². The van der Waals surface area contributed by atoms with Crippen LogP contribution >= 0.6 is 0 Å². The highest BCUT2D eigenvalue weighted by molar-refractivity contribution is 5.64. The van der Waals surface area contributed by atoms with Gasteiger partial charge in [0.1, 0.15) is 5.75 Å². The Morgan fingerprint density at radius 2 is 1.95 bits per heavy atom. The van der Waals surface area contributed by atoms with Crippen molar-refractivity contribution in [3.8, 4) is 5.75 Å². The molecule has 2 rings (SSSR count). The molecule has 0 radical (unpaired) electrons. The minimum absolute atomic E-state index is 0.165. The SMILES string of the molecule is COc1ccc(C)cc1Nc1nc(N)nc(N(C)C)n1. The molecule has 1 heterocycles. The van der Waals surface area contributed by atoms with E-state index in [0.29, 0.717) is 17.6 Å². The zero-order chi connectivity index (χ0) is 14.7. The summed E-state index contributed by atoms with van der Waals surface area (Å²) in [5, 5.41) is 3.11. The monoisotopic (exact) mass is 274 g/mol. The van der Waals surface area contributed by atoms with Crippen molar-refractivity contribution in [2.75, 3.05) is 37.2 Å². The molecular formula is C13H18N6O. The van der Waals surface area contributed by atoms with E-state index in [-0.39, 0.29) is 5.95 Å². The van der Waals surface area contributed by atoms with Crippen molar-refractivity contribution in [3.05, 3.63) is 23.8 Å². The lowest BCUT2D eigenvalue weighted by molar-refractivity contribution is 0.416. The van der Waals surface area contributed by atoms with Crippen molar-refractivity contribution in [2.24, 2.45) is 0 Å². The second-order valence-corrected chi connectivity index (χ2v) is 4.54. The van der Waals surface area contributed by atoms with Crippen LogP contribution in [0.3, 0.4) is 0 Å². The lowest BCUT2D eigenvalue weighted by atomic mass is 10.2. The number of anilines is 4. The first kappa shape index (κ1) is 13.9. The summed E-state index contributed by atoms with van der Waals surface area (Å²) in [4.78, 5) is 14.2. The highest BCUT2D eigenvalue weighted by atomic mass is 16.5. The Balaban J connectivity index is 2.37. The Labute approximate surface area is 117 Å². The highest BCUT2D eigenvalue weighted by Gasteiger charge is 2.09. The van der Waals surface area contributed by atoms with Crippen LogP contribution in [0.1, 0.15) is 5.56 Å². The average molecular weight is 274 g/mol. The summed E-state index contributed by atoms with van der Waals surface area (Å²) in [7, 11) is 5.29. The van der Waals surface area contributed by atoms with Crippen LogP contribution in [0.2, 0.25) is 0 Å². The normalized spacial score (nSPS) is 10.2. The molecule has 0 unspecified atom stereocenters. The van der Waals surface area contributed by atoms with Crippen molar-refractivity contribution < 1.29 is 4.74 Å². The van der Waals surface area contributed by atoms with Crippen molar-refractivity contribution in [2.45, 2.75) is 6.92 Å². The molecule has 20 heavy (non-hydrogen) atoms. The minimum Gasteiger partial charge on any atom is -0.495 e. The molecule has 0 aliphatic rings. The van der Waals surface area contributed by atoms with E-state index < -0.39 is 0 Å². The van der Waals surface area contributed by atoms with E-state index in [1.54, 1.807) is 12.0 Å². The summed E-state index contributed by atoms with van der Waals surface area (Å²) in [6, 6.07) is 5.81. The van der Waals surface area contributed by atoms with Crippen molar-refractivity contribution in [3.63, 3.8) is 0 Å². The number of aromatic nitrogens is 3. The zero-order valence-electron chi connectivity index (χ0n) is 12.0. The number of hydrogen-bond donors (Lipinski definition) is 2. The fraction of sp³-hybridized carbons (Fsp3) is 0.308. The average Bonchev–Trinajstić information content (AvgIpc) is 2.38. The molecule has 0 spiro atoms. The summed E-state index contributed by atoms with van der Waals surface area (Å²) < 4.78 is 5.31. The van der Waals surface area contributed by atoms with Gasteiger partial charge in [0.05, 0.1) is 12.8 Å². The van der Waals surface area contributed by atoms with Crippen LogP contribution in [0.15, 0.2) is 18.2 Å². The first-order valence-electron chi connectivity index (χ1n) is 6.10. The molecule has 3 N–H and O–H groups in total. The molecule has 0 amide bonds. The van der Waals surface area contributed by atoms with Crippen LogP contribution in [-0.4, -0.2) is 36.2 Å². The van der Waals surface area contributed by atoms with Gasteiger partial charge in [0.15, 0.2) is 0 Å². The van der Waals surface area contributed by atoms with E-state index in [9.17, 15) is 0 Å². The van der Waals surface area contributed by atoms with Gasteiger partial charge in [-0.25, -0.2) is 0 Å². The second kappa shape index (κ2) is 5.60. The van der Waals surface area contributed by atoms with Crippen LogP contribution in [0.4, 0.5) is 23.5 Å². The predicted molar refractivity (Wildman–Crippen MR) is 79.6 cm³/mol. The van der Waals surface area contributed by atoms with Crippen LogP contribution in [0.5, 0.6) is 5.75 Å². The number of rotatable bonds is 4. The number of nitrogen functional groups attached to an aromatic ring is 1. The van der Waals surface area contributed by atoms with Crippen molar-refractivity contribution in [1.82, 2.24) is 15.0 Å². The minimum atomic E-state index is 0.165. The van der Waals surface area contributed by atoms with E-state index in [1.807, 2.05) is 39.2 Å². The lowest BCUT2D eigenvalue weighted by Gasteiger charge is -2.14.